The van der Waals surface area contributed by atoms with Gasteiger partial charge in [-0.15, -0.1) is 0 Å². The average molecular weight is 233 g/mol. The van der Waals surface area contributed by atoms with E-state index in [-0.39, 0.29) is 5.91 Å². The van der Waals surface area contributed by atoms with Crippen LogP contribution < -0.4 is 5.32 Å². The quantitative estimate of drug-likeness (QED) is 0.751. The predicted molar refractivity (Wildman–Crippen MR) is 65.6 cm³/mol. The van der Waals surface area contributed by atoms with Crippen LogP contribution in [0, 0.1) is 0 Å². The van der Waals surface area contributed by atoms with Gasteiger partial charge < -0.3 is 10.4 Å². The average Bonchev–Trinajstić information content (AvgIpc) is 2.75. The van der Waals surface area contributed by atoms with Crippen molar-refractivity contribution in [2.24, 2.45) is 0 Å². The maximum absolute atomic E-state index is 11.6. The van der Waals surface area contributed by atoms with Gasteiger partial charge in [-0.05, 0) is 25.5 Å². The molecule has 1 amide bonds. The number of aliphatic hydroxyl groups is 1. The Kier molecular flexibility index (Phi) is 3.39. The molecule has 2 aromatic rings. The van der Waals surface area contributed by atoms with Gasteiger partial charge in [0.15, 0.2) is 0 Å². The molecule has 0 saturated carbocycles. The standard InChI is InChI=1S/C12H15N3O2/c1-8(16)5-6-12(17)14-10-3-2-4-11-9(10)7-13-15-11/h2-4,7-8,16H,5-6H2,1H3,(H,13,15)(H,14,17). The lowest BCUT2D eigenvalue weighted by Gasteiger charge is -2.07. The minimum absolute atomic E-state index is 0.0976. The first-order valence-corrected chi connectivity index (χ1v) is 5.57. The van der Waals surface area contributed by atoms with Crippen LogP contribution >= 0.6 is 0 Å². The number of aromatic nitrogens is 2. The van der Waals surface area contributed by atoms with E-state index in [9.17, 15) is 4.79 Å². The van der Waals surface area contributed by atoms with E-state index in [0.717, 1.165) is 16.6 Å². The Bertz CT molecular complexity index is 519. The Hall–Kier alpha value is -1.88. The lowest BCUT2D eigenvalue weighted by molar-refractivity contribution is -0.116. The number of carbonyl (C=O) groups excluding carboxylic acids is 1. The minimum atomic E-state index is -0.453. The highest BCUT2D eigenvalue weighted by molar-refractivity contribution is 6.00. The molecule has 1 aromatic heterocycles. The summed E-state index contributed by atoms with van der Waals surface area (Å²) in [5.74, 6) is -0.0976. The molecular weight excluding hydrogens is 218 g/mol. The fourth-order valence-electron chi connectivity index (χ4n) is 1.63. The summed E-state index contributed by atoms with van der Waals surface area (Å²) in [4.78, 5) is 11.6. The van der Waals surface area contributed by atoms with Crippen LogP contribution in [-0.4, -0.2) is 27.3 Å². The van der Waals surface area contributed by atoms with E-state index in [1.54, 1.807) is 13.1 Å². The molecule has 5 nitrogen and oxygen atoms in total. The molecule has 0 saturated heterocycles. The maximum atomic E-state index is 11.6. The highest BCUT2D eigenvalue weighted by atomic mass is 16.3. The zero-order valence-electron chi connectivity index (χ0n) is 9.60. The van der Waals surface area contributed by atoms with Gasteiger partial charge in [0.1, 0.15) is 0 Å². The molecule has 1 heterocycles. The lowest BCUT2D eigenvalue weighted by atomic mass is 10.2. The van der Waals surface area contributed by atoms with Crippen LogP contribution in [0.4, 0.5) is 5.69 Å². The summed E-state index contributed by atoms with van der Waals surface area (Å²) < 4.78 is 0. The van der Waals surface area contributed by atoms with Crippen LogP contribution in [0.15, 0.2) is 24.4 Å². The van der Waals surface area contributed by atoms with Crippen LogP contribution in [0.5, 0.6) is 0 Å². The van der Waals surface area contributed by atoms with Crippen molar-refractivity contribution in [3.63, 3.8) is 0 Å². The second-order valence-corrected chi connectivity index (χ2v) is 4.07. The molecule has 5 heteroatoms. The third kappa shape index (κ3) is 2.82. The van der Waals surface area contributed by atoms with E-state index in [1.165, 1.54) is 0 Å². The first-order valence-electron chi connectivity index (χ1n) is 5.57. The molecule has 3 N–H and O–H groups in total. The predicted octanol–water partition coefficient (Wildman–Crippen LogP) is 1.66. The third-order valence-electron chi connectivity index (χ3n) is 2.55. The molecule has 0 bridgehead atoms. The number of amides is 1. The number of carbonyl (C=O) groups is 1. The van der Waals surface area contributed by atoms with Crippen LogP contribution in [-0.2, 0) is 4.79 Å². The molecule has 2 rings (SSSR count). The summed E-state index contributed by atoms with van der Waals surface area (Å²) >= 11 is 0. The number of benzene rings is 1. The van der Waals surface area contributed by atoms with Gasteiger partial charge in [0.2, 0.25) is 5.91 Å². The number of nitrogens with one attached hydrogen (secondary N) is 2. The molecule has 0 spiro atoms. The van der Waals surface area contributed by atoms with Crippen molar-refractivity contribution in [2.45, 2.75) is 25.9 Å². The smallest absolute Gasteiger partial charge is 0.224 e. The summed E-state index contributed by atoms with van der Waals surface area (Å²) in [6.07, 6.45) is 2.00. The van der Waals surface area contributed by atoms with Gasteiger partial charge in [-0.2, -0.15) is 5.10 Å². The molecule has 17 heavy (non-hydrogen) atoms. The Morgan fingerprint density at radius 2 is 2.41 bits per heavy atom. The van der Waals surface area contributed by atoms with Crippen molar-refractivity contribution in [3.05, 3.63) is 24.4 Å². The molecule has 0 fully saturated rings. The number of rotatable bonds is 4. The first-order chi connectivity index (χ1) is 8.16. The van der Waals surface area contributed by atoms with E-state index in [0.29, 0.717) is 12.8 Å². The van der Waals surface area contributed by atoms with Crippen molar-refractivity contribution < 1.29 is 9.90 Å². The van der Waals surface area contributed by atoms with Gasteiger partial charge in [-0.25, -0.2) is 0 Å². The lowest BCUT2D eigenvalue weighted by Crippen LogP contribution is -2.14. The molecule has 0 aliphatic heterocycles. The molecule has 0 aliphatic carbocycles. The van der Waals surface area contributed by atoms with Gasteiger partial charge in [0, 0.05) is 11.8 Å². The van der Waals surface area contributed by atoms with Crippen molar-refractivity contribution in [1.29, 1.82) is 0 Å². The number of anilines is 1. The molecule has 90 valence electrons. The first kappa shape index (κ1) is 11.6. The fraction of sp³-hybridized carbons (Fsp3) is 0.333. The number of hydrogen-bond acceptors (Lipinski definition) is 3. The van der Waals surface area contributed by atoms with Crippen molar-refractivity contribution >= 4 is 22.5 Å². The van der Waals surface area contributed by atoms with Gasteiger partial charge in [0.05, 0.1) is 23.5 Å². The van der Waals surface area contributed by atoms with Crippen LogP contribution in [0.1, 0.15) is 19.8 Å². The van der Waals surface area contributed by atoms with Gasteiger partial charge in [-0.1, -0.05) is 6.07 Å². The van der Waals surface area contributed by atoms with Crippen molar-refractivity contribution in [2.75, 3.05) is 5.32 Å². The minimum Gasteiger partial charge on any atom is -0.393 e. The molecule has 1 unspecified atom stereocenters. The molecule has 0 radical (unpaired) electrons. The zero-order valence-corrected chi connectivity index (χ0v) is 9.60. The van der Waals surface area contributed by atoms with Crippen LogP contribution in [0.2, 0.25) is 0 Å². The number of fused-ring (bicyclic) bond motifs is 1. The number of aliphatic hydroxyl groups excluding tert-OH is 1. The maximum Gasteiger partial charge on any atom is 0.224 e. The highest BCUT2D eigenvalue weighted by Crippen LogP contribution is 2.21. The number of hydrogen-bond donors (Lipinski definition) is 3. The third-order valence-corrected chi connectivity index (χ3v) is 2.55. The topological polar surface area (TPSA) is 78.0 Å². The molecular formula is C12H15N3O2. The Morgan fingerprint density at radius 3 is 3.18 bits per heavy atom. The zero-order chi connectivity index (χ0) is 12.3. The van der Waals surface area contributed by atoms with Crippen molar-refractivity contribution in [3.8, 4) is 0 Å². The van der Waals surface area contributed by atoms with Crippen LogP contribution in [0.3, 0.4) is 0 Å². The SMILES string of the molecule is CC(O)CCC(=O)Nc1cccc2[nH]ncc12. The normalized spacial score (nSPS) is 12.6. The highest BCUT2D eigenvalue weighted by Gasteiger charge is 2.07. The van der Waals surface area contributed by atoms with Gasteiger partial charge in [0.25, 0.3) is 0 Å². The van der Waals surface area contributed by atoms with Gasteiger partial charge >= 0.3 is 0 Å². The summed E-state index contributed by atoms with van der Waals surface area (Å²) in [5.41, 5.74) is 1.63. The Labute approximate surface area is 98.8 Å². The summed E-state index contributed by atoms with van der Waals surface area (Å²) in [6.45, 7) is 1.67. The fourth-order valence-corrected chi connectivity index (χ4v) is 1.63. The second-order valence-electron chi connectivity index (χ2n) is 4.07. The second kappa shape index (κ2) is 4.97. The monoisotopic (exact) mass is 233 g/mol. The van der Waals surface area contributed by atoms with Crippen LogP contribution in [0.25, 0.3) is 10.9 Å². The van der Waals surface area contributed by atoms with E-state index < -0.39 is 6.10 Å². The largest absolute Gasteiger partial charge is 0.393 e. The van der Waals surface area contributed by atoms with E-state index in [2.05, 4.69) is 15.5 Å². The summed E-state index contributed by atoms with van der Waals surface area (Å²) in [6, 6.07) is 5.58. The molecule has 1 aromatic carbocycles. The summed E-state index contributed by atoms with van der Waals surface area (Å²) in [7, 11) is 0. The number of aromatic amines is 1. The van der Waals surface area contributed by atoms with E-state index in [4.69, 9.17) is 5.11 Å². The number of H-pyrrole nitrogens is 1. The van der Waals surface area contributed by atoms with Crippen molar-refractivity contribution in [1.82, 2.24) is 10.2 Å². The molecule has 1 atom stereocenters. The molecule has 0 aliphatic rings. The summed E-state index contributed by atoms with van der Waals surface area (Å²) in [5, 5.41) is 19.6. The van der Waals surface area contributed by atoms with E-state index in [1.807, 2.05) is 18.2 Å². The van der Waals surface area contributed by atoms with Gasteiger partial charge in [-0.3, -0.25) is 9.89 Å². The Balaban J connectivity index is 2.08. The number of nitrogens with zero attached hydrogens (tertiary/aromatic N) is 1. The van der Waals surface area contributed by atoms with E-state index >= 15 is 0 Å². The Morgan fingerprint density at radius 1 is 1.59 bits per heavy atom.